The normalized spacial score (nSPS) is 9.74. The Hall–Kier alpha value is -3.34. The van der Waals surface area contributed by atoms with Gasteiger partial charge in [-0.05, 0) is 30.3 Å². The van der Waals surface area contributed by atoms with E-state index in [-0.39, 0.29) is 24.3 Å². The number of anilines is 1. The zero-order valence-electron chi connectivity index (χ0n) is 11.9. The first-order valence-corrected chi connectivity index (χ1v) is 6.62. The summed E-state index contributed by atoms with van der Waals surface area (Å²) in [6.45, 7) is -0.0404. The minimum absolute atomic E-state index is 0.0116. The third-order valence-corrected chi connectivity index (χ3v) is 2.80. The summed E-state index contributed by atoms with van der Waals surface area (Å²) in [5, 5.41) is 16.1. The van der Waals surface area contributed by atoms with Gasteiger partial charge in [-0.2, -0.15) is 5.26 Å². The van der Waals surface area contributed by atoms with Gasteiger partial charge in [-0.3, -0.25) is 4.79 Å². The molecule has 118 valence electrons. The van der Waals surface area contributed by atoms with Gasteiger partial charge >= 0.3 is 6.03 Å². The number of furan rings is 1. The molecular weight excluding hydrogens is 303 g/mol. The van der Waals surface area contributed by atoms with Gasteiger partial charge in [0.05, 0.1) is 30.6 Å². The van der Waals surface area contributed by atoms with Gasteiger partial charge in [0.1, 0.15) is 17.6 Å². The molecule has 7 nitrogen and oxygen atoms in total. The highest BCUT2D eigenvalue weighted by molar-refractivity contribution is 5.93. The zero-order chi connectivity index (χ0) is 16.7. The number of hydrogen-bond donors (Lipinski definition) is 3. The zero-order valence-corrected chi connectivity index (χ0v) is 11.9. The van der Waals surface area contributed by atoms with Gasteiger partial charge in [-0.1, -0.05) is 0 Å². The molecule has 0 radical (unpaired) electrons. The van der Waals surface area contributed by atoms with Crippen LogP contribution in [-0.4, -0.2) is 18.5 Å². The van der Waals surface area contributed by atoms with Crippen LogP contribution in [0.1, 0.15) is 11.3 Å². The maximum atomic E-state index is 13.0. The van der Waals surface area contributed by atoms with Gasteiger partial charge < -0.3 is 20.4 Å². The lowest BCUT2D eigenvalue weighted by Gasteiger charge is -2.09. The second-order valence-corrected chi connectivity index (χ2v) is 4.47. The van der Waals surface area contributed by atoms with Crippen LogP contribution in [-0.2, 0) is 11.3 Å². The molecule has 0 fully saturated rings. The van der Waals surface area contributed by atoms with Crippen LogP contribution in [0.5, 0.6) is 0 Å². The molecule has 3 N–H and O–H groups in total. The summed E-state index contributed by atoms with van der Waals surface area (Å²) in [6.07, 6.45) is 1.49. The number of urea groups is 1. The smallest absolute Gasteiger partial charge is 0.319 e. The first kappa shape index (κ1) is 16.0. The van der Waals surface area contributed by atoms with E-state index in [1.807, 2.05) is 0 Å². The second kappa shape index (κ2) is 7.61. The van der Waals surface area contributed by atoms with Crippen molar-refractivity contribution in [2.75, 3.05) is 11.9 Å². The van der Waals surface area contributed by atoms with Crippen molar-refractivity contribution in [2.45, 2.75) is 6.54 Å². The van der Waals surface area contributed by atoms with E-state index in [4.69, 9.17) is 9.68 Å². The van der Waals surface area contributed by atoms with Crippen molar-refractivity contribution in [2.24, 2.45) is 0 Å². The van der Waals surface area contributed by atoms with E-state index < -0.39 is 17.8 Å². The van der Waals surface area contributed by atoms with Gasteiger partial charge in [-0.25, -0.2) is 9.18 Å². The fourth-order valence-corrected chi connectivity index (χ4v) is 1.71. The highest BCUT2D eigenvalue weighted by atomic mass is 19.1. The van der Waals surface area contributed by atoms with Crippen molar-refractivity contribution in [3.05, 3.63) is 53.7 Å². The van der Waals surface area contributed by atoms with Crippen LogP contribution in [0.2, 0.25) is 0 Å². The molecule has 0 unspecified atom stereocenters. The van der Waals surface area contributed by atoms with Crippen molar-refractivity contribution in [3.8, 4) is 6.07 Å². The summed E-state index contributed by atoms with van der Waals surface area (Å²) in [7, 11) is 0. The number of nitrogens with zero attached hydrogens (tertiary/aromatic N) is 1. The number of rotatable bonds is 5. The van der Waals surface area contributed by atoms with Gasteiger partial charge in [0, 0.05) is 0 Å². The SMILES string of the molecule is N#Cc1cc(F)ccc1NC(=O)NCC(=O)NCc1ccco1. The van der Waals surface area contributed by atoms with Crippen LogP contribution in [0.3, 0.4) is 0 Å². The lowest BCUT2D eigenvalue weighted by atomic mass is 10.2. The number of nitriles is 1. The molecule has 2 rings (SSSR count). The van der Waals surface area contributed by atoms with Crippen LogP contribution in [0.25, 0.3) is 0 Å². The van der Waals surface area contributed by atoms with Crippen molar-refractivity contribution in [3.63, 3.8) is 0 Å². The van der Waals surface area contributed by atoms with Crippen LogP contribution >= 0.6 is 0 Å². The monoisotopic (exact) mass is 316 g/mol. The van der Waals surface area contributed by atoms with E-state index in [1.54, 1.807) is 18.2 Å². The minimum Gasteiger partial charge on any atom is -0.467 e. The molecule has 2 aromatic rings. The van der Waals surface area contributed by atoms with Crippen LogP contribution < -0.4 is 16.0 Å². The molecule has 0 aliphatic carbocycles. The Kier molecular flexibility index (Phi) is 5.30. The van der Waals surface area contributed by atoms with Gasteiger partial charge in [-0.15, -0.1) is 0 Å². The molecule has 23 heavy (non-hydrogen) atoms. The van der Waals surface area contributed by atoms with Gasteiger partial charge in [0.15, 0.2) is 0 Å². The number of carbonyl (C=O) groups is 2. The Morgan fingerprint density at radius 2 is 2.09 bits per heavy atom. The molecule has 1 heterocycles. The predicted molar refractivity (Wildman–Crippen MR) is 78.7 cm³/mol. The molecule has 8 heteroatoms. The van der Waals surface area contributed by atoms with Crippen LogP contribution in [0.4, 0.5) is 14.9 Å². The third-order valence-electron chi connectivity index (χ3n) is 2.80. The van der Waals surface area contributed by atoms with E-state index in [0.717, 1.165) is 12.1 Å². The van der Waals surface area contributed by atoms with Crippen molar-refractivity contribution >= 4 is 17.6 Å². The van der Waals surface area contributed by atoms with Crippen molar-refractivity contribution in [1.82, 2.24) is 10.6 Å². The summed E-state index contributed by atoms with van der Waals surface area (Å²) in [6, 6.07) is 7.89. The number of hydrogen-bond acceptors (Lipinski definition) is 4. The number of benzene rings is 1. The quantitative estimate of drug-likeness (QED) is 0.780. The van der Waals surface area contributed by atoms with Crippen molar-refractivity contribution in [1.29, 1.82) is 5.26 Å². The van der Waals surface area contributed by atoms with E-state index in [1.165, 1.54) is 12.3 Å². The fraction of sp³-hybridized carbons (Fsp3) is 0.133. The van der Waals surface area contributed by atoms with Crippen molar-refractivity contribution < 1.29 is 18.4 Å². The van der Waals surface area contributed by atoms with Crippen LogP contribution in [0.15, 0.2) is 41.0 Å². The van der Waals surface area contributed by atoms with Gasteiger partial charge in [0.25, 0.3) is 0 Å². The van der Waals surface area contributed by atoms with Crippen LogP contribution in [0, 0.1) is 17.1 Å². The Balaban J connectivity index is 1.79. The molecule has 0 aliphatic heterocycles. The number of amides is 3. The summed E-state index contributed by atoms with van der Waals surface area (Å²) < 4.78 is 18.0. The summed E-state index contributed by atoms with van der Waals surface area (Å²) >= 11 is 0. The number of nitrogens with one attached hydrogen (secondary N) is 3. The average molecular weight is 316 g/mol. The molecule has 0 saturated carbocycles. The summed E-state index contributed by atoms with van der Waals surface area (Å²) in [5.74, 6) is -0.395. The first-order valence-electron chi connectivity index (χ1n) is 6.62. The van der Waals surface area contributed by atoms with E-state index >= 15 is 0 Å². The Bertz CT molecular complexity index is 738. The molecule has 0 atom stereocenters. The molecule has 3 amide bonds. The maximum absolute atomic E-state index is 13.0. The number of carbonyl (C=O) groups excluding carboxylic acids is 2. The number of halogens is 1. The lowest BCUT2D eigenvalue weighted by Crippen LogP contribution is -2.38. The summed E-state index contributed by atoms with van der Waals surface area (Å²) in [5.41, 5.74) is 0.143. The Morgan fingerprint density at radius 3 is 2.78 bits per heavy atom. The highest BCUT2D eigenvalue weighted by Gasteiger charge is 2.09. The second-order valence-electron chi connectivity index (χ2n) is 4.47. The average Bonchev–Trinajstić information content (AvgIpc) is 3.06. The van der Waals surface area contributed by atoms with E-state index in [0.29, 0.717) is 5.76 Å². The third kappa shape index (κ3) is 4.86. The maximum Gasteiger partial charge on any atom is 0.319 e. The highest BCUT2D eigenvalue weighted by Crippen LogP contribution is 2.15. The Labute approximate surface area is 131 Å². The van der Waals surface area contributed by atoms with E-state index in [2.05, 4.69) is 16.0 Å². The molecule has 0 aliphatic rings. The van der Waals surface area contributed by atoms with Gasteiger partial charge in [0.2, 0.25) is 5.91 Å². The minimum atomic E-state index is -0.679. The largest absolute Gasteiger partial charge is 0.467 e. The van der Waals surface area contributed by atoms with E-state index in [9.17, 15) is 14.0 Å². The molecule has 0 bridgehead atoms. The molecule has 0 spiro atoms. The molecule has 1 aromatic carbocycles. The molecule has 1 aromatic heterocycles. The molecular formula is C15H13FN4O3. The predicted octanol–water partition coefficient (Wildman–Crippen LogP) is 1.73. The standard InChI is InChI=1S/C15H13FN4O3/c16-11-3-4-13(10(6-11)7-17)20-15(22)19-9-14(21)18-8-12-2-1-5-23-12/h1-6H,8-9H2,(H,18,21)(H2,19,20,22). The Morgan fingerprint density at radius 1 is 1.26 bits per heavy atom. The first-order chi connectivity index (χ1) is 11.1. The lowest BCUT2D eigenvalue weighted by molar-refractivity contribution is -0.120. The summed E-state index contributed by atoms with van der Waals surface area (Å²) in [4.78, 5) is 23.2. The fourth-order valence-electron chi connectivity index (χ4n) is 1.71. The topological polar surface area (TPSA) is 107 Å². The molecule has 0 saturated heterocycles.